The van der Waals surface area contributed by atoms with Crippen LogP contribution in [0.3, 0.4) is 0 Å². The Kier molecular flexibility index (Phi) is 6.76. The van der Waals surface area contributed by atoms with Gasteiger partial charge >= 0.3 is 0 Å². The first kappa shape index (κ1) is 31.7. The van der Waals surface area contributed by atoms with Crippen molar-refractivity contribution < 1.29 is 0 Å². The SMILES string of the molecule is c1ccc(-c2nc(-c3ccccc3)nc(-c3c4ccccc4c(-c4ccc5c(c4)C4(c6ccccc6-c6ccccc64)c4ccccc4-5)c4ccccc34)n2)cc#1. The van der Waals surface area contributed by atoms with Crippen LogP contribution in [0.2, 0.25) is 0 Å². The molecule has 3 nitrogen and oxygen atoms in total. The minimum Gasteiger partial charge on any atom is -0.208 e. The molecule has 0 saturated heterocycles. The van der Waals surface area contributed by atoms with Crippen molar-refractivity contribution >= 4 is 21.5 Å². The van der Waals surface area contributed by atoms with E-state index < -0.39 is 5.41 Å². The van der Waals surface area contributed by atoms with Crippen LogP contribution in [0.4, 0.5) is 0 Å². The largest absolute Gasteiger partial charge is 0.208 e. The zero-order valence-corrected chi connectivity index (χ0v) is 30.7. The summed E-state index contributed by atoms with van der Waals surface area (Å²) in [6.45, 7) is 0. The topological polar surface area (TPSA) is 38.7 Å². The molecular weight excluding hydrogens is 691 g/mol. The van der Waals surface area contributed by atoms with E-state index in [4.69, 9.17) is 15.0 Å². The maximum Gasteiger partial charge on any atom is 0.165 e. The Bertz CT molecular complexity index is 3060. The van der Waals surface area contributed by atoms with Gasteiger partial charge in [-0.3, -0.25) is 0 Å². The van der Waals surface area contributed by atoms with Crippen molar-refractivity contribution in [1.29, 1.82) is 0 Å². The molecule has 0 bridgehead atoms. The smallest absolute Gasteiger partial charge is 0.165 e. The van der Waals surface area contributed by atoms with Crippen molar-refractivity contribution in [1.82, 2.24) is 15.0 Å². The van der Waals surface area contributed by atoms with E-state index >= 15 is 0 Å². The van der Waals surface area contributed by atoms with Gasteiger partial charge < -0.3 is 0 Å². The number of fused-ring (bicyclic) bond motifs is 12. The van der Waals surface area contributed by atoms with Gasteiger partial charge in [-0.15, -0.1) is 0 Å². The van der Waals surface area contributed by atoms with Gasteiger partial charge in [0.2, 0.25) is 0 Å². The highest BCUT2D eigenvalue weighted by molar-refractivity contribution is 6.21. The Hall–Kier alpha value is -7.67. The molecule has 10 aromatic rings. The average molecular weight is 722 g/mol. The Morgan fingerprint density at radius 1 is 0.333 bits per heavy atom. The lowest BCUT2D eigenvalue weighted by Gasteiger charge is -2.30. The molecule has 1 spiro atoms. The molecule has 12 rings (SSSR count). The highest BCUT2D eigenvalue weighted by atomic mass is 15.0. The molecule has 262 valence electrons. The Balaban J connectivity index is 1.15. The number of rotatable bonds is 4. The molecule has 57 heavy (non-hydrogen) atoms. The molecule has 1 heterocycles. The van der Waals surface area contributed by atoms with E-state index in [0.29, 0.717) is 17.5 Å². The fraction of sp³-hybridized carbons (Fsp3) is 0.0185. The van der Waals surface area contributed by atoms with Crippen LogP contribution in [-0.4, -0.2) is 15.0 Å². The van der Waals surface area contributed by atoms with Crippen LogP contribution in [0.15, 0.2) is 188 Å². The number of hydrogen-bond donors (Lipinski definition) is 0. The summed E-state index contributed by atoms with van der Waals surface area (Å²) in [4.78, 5) is 15.4. The maximum absolute atomic E-state index is 5.22. The van der Waals surface area contributed by atoms with Gasteiger partial charge in [0.05, 0.1) is 5.41 Å². The van der Waals surface area contributed by atoms with Crippen LogP contribution < -0.4 is 0 Å². The third kappa shape index (κ3) is 4.47. The van der Waals surface area contributed by atoms with Crippen molar-refractivity contribution in [3.8, 4) is 67.5 Å². The fourth-order valence-electron chi connectivity index (χ4n) is 9.75. The van der Waals surface area contributed by atoms with Crippen LogP contribution in [0, 0.1) is 12.1 Å². The van der Waals surface area contributed by atoms with Gasteiger partial charge in [-0.1, -0.05) is 176 Å². The molecule has 0 fully saturated rings. The zero-order chi connectivity index (χ0) is 37.5. The molecular formula is C54H31N3. The van der Waals surface area contributed by atoms with E-state index in [2.05, 4.69) is 152 Å². The van der Waals surface area contributed by atoms with E-state index in [1.54, 1.807) is 0 Å². The van der Waals surface area contributed by atoms with Crippen LogP contribution in [-0.2, 0) is 5.41 Å². The van der Waals surface area contributed by atoms with Crippen molar-refractivity contribution in [2.75, 3.05) is 0 Å². The highest BCUT2D eigenvalue weighted by Crippen LogP contribution is 2.63. The Labute approximate surface area is 330 Å². The second kappa shape index (κ2) is 12.2. The first-order chi connectivity index (χ1) is 28.3. The lowest BCUT2D eigenvalue weighted by atomic mass is 9.70. The van der Waals surface area contributed by atoms with Gasteiger partial charge in [-0.05, 0) is 101 Å². The van der Waals surface area contributed by atoms with Crippen molar-refractivity contribution in [2.45, 2.75) is 5.41 Å². The van der Waals surface area contributed by atoms with Crippen molar-refractivity contribution in [3.05, 3.63) is 222 Å². The Morgan fingerprint density at radius 3 is 1.37 bits per heavy atom. The molecule has 0 amide bonds. The van der Waals surface area contributed by atoms with Gasteiger partial charge in [-0.25, -0.2) is 15.0 Å². The first-order valence-electron chi connectivity index (χ1n) is 19.4. The van der Waals surface area contributed by atoms with E-state index in [1.807, 2.05) is 48.5 Å². The molecule has 2 aliphatic carbocycles. The summed E-state index contributed by atoms with van der Waals surface area (Å²) >= 11 is 0. The molecule has 0 aliphatic heterocycles. The van der Waals surface area contributed by atoms with Crippen LogP contribution >= 0.6 is 0 Å². The van der Waals surface area contributed by atoms with Gasteiger partial charge in [-0.2, -0.15) is 0 Å². The molecule has 1 aromatic heterocycles. The summed E-state index contributed by atoms with van der Waals surface area (Å²) in [5, 5.41) is 4.47. The summed E-state index contributed by atoms with van der Waals surface area (Å²) in [5.41, 5.74) is 15.3. The first-order valence-corrected chi connectivity index (χ1v) is 19.4. The summed E-state index contributed by atoms with van der Waals surface area (Å²) in [6.07, 6.45) is 0. The summed E-state index contributed by atoms with van der Waals surface area (Å²) in [5.74, 6) is 1.86. The third-order valence-corrected chi connectivity index (χ3v) is 12.0. The van der Waals surface area contributed by atoms with Gasteiger partial charge in [0, 0.05) is 16.7 Å². The molecule has 3 heteroatoms. The lowest BCUT2D eigenvalue weighted by molar-refractivity contribution is 0.794. The van der Waals surface area contributed by atoms with E-state index in [9.17, 15) is 0 Å². The van der Waals surface area contributed by atoms with Crippen molar-refractivity contribution in [2.24, 2.45) is 0 Å². The molecule has 0 radical (unpaired) electrons. The monoisotopic (exact) mass is 721 g/mol. The number of aromatic nitrogens is 3. The quantitative estimate of drug-likeness (QED) is 0.170. The second-order valence-electron chi connectivity index (χ2n) is 14.9. The maximum atomic E-state index is 5.22. The molecule has 9 aromatic carbocycles. The van der Waals surface area contributed by atoms with Gasteiger partial charge in [0.15, 0.2) is 17.5 Å². The minimum absolute atomic E-state index is 0.428. The fourth-order valence-corrected chi connectivity index (χ4v) is 9.75. The van der Waals surface area contributed by atoms with Crippen LogP contribution in [0.1, 0.15) is 22.3 Å². The predicted molar refractivity (Wildman–Crippen MR) is 231 cm³/mol. The summed E-state index contributed by atoms with van der Waals surface area (Å²) in [6, 6.07) is 73.6. The normalized spacial score (nSPS) is 12.9. The number of nitrogens with zero attached hydrogens (tertiary/aromatic N) is 3. The van der Waals surface area contributed by atoms with E-state index in [1.165, 1.54) is 55.6 Å². The summed E-state index contributed by atoms with van der Waals surface area (Å²) in [7, 11) is 0. The van der Waals surface area contributed by atoms with Crippen molar-refractivity contribution in [3.63, 3.8) is 0 Å². The standard InChI is InChI=1S/C54H31N3/c1-3-17-34(18-4-1)51-55-52(35-19-5-2-6-20-35)57-53(56-51)50-43-26-9-7-24-41(43)49(42-25-8-10-27-44(42)50)36-31-32-40-39-23-13-16-30-47(39)54(48(40)33-36)45-28-14-11-21-37(45)38-22-12-15-29-46(38)54/h1,3-5,7-33H. The summed E-state index contributed by atoms with van der Waals surface area (Å²) < 4.78 is 0. The second-order valence-corrected chi connectivity index (χ2v) is 14.9. The lowest BCUT2D eigenvalue weighted by Crippen LogP contribution is -2.25. The third-order valence-electron chi connectivity index (χ3n) is 12.0. The van der Waals surface area contributed by atoms with Gasteiger partial charge in [0.25, 0.3) is 0 Å². The molecule has 2 aliphatic rings. The zero-order valence-electron chi connectivity index (χ0n) is 30.7. The molecule has 0 atom stereocenters. The molecule has 0 saturated carbocycles. The van der Waals surface area contributed by atoms with Crippen LogP contribution in [0.5, 0.6) is 0 Å². The Morgan fingerprint density at radius 2 is 0.807 bits per heavy atom. The number of benzene rings is 8. The van der Waals surface area contributed by atoms with Crippen LogP contribution in [0.25, 0.3) is 89.1 Å². The minimum atomic E-state index is -0.428. The highest BCUT2D eigenvalue weighted by Gasteiger charge is 2.51. The van der Waals surface area contributed by atoms with E-state index in [0.717, 1.165) is 38.2 Å². The molecule has 0 unspecified atom stereocenters. The number of hydrogen-bond acceptors (Lipinski definition) is 3. The predicted octanol–water partition coefficient (Wildman–Crippen LogP) is 12.8. The average Bonchev–Trinajstić information content (AvgIpc) is 3.75. The van der Waals surface area contributed by atoms with E-state index in [-0.39, 0.29) is 0 Å². The molecule has 0 N–H and O–H groups in total. The van der Waals surface area contributed by atoms with Gasteiger partial charge in [0.1, 0.15) is 0 Å².